The minimum atomic E-state index is -0.877. The molecule has 446 valence electrons. The van der Waals surface area contributed by atoms with Crippen molar-refractivity contribution in [1.82, 2.24) is 0 Å². The predicted molar refractivity (Wildman–Crippen MR) is 310 cm³/mol. The Morgan fingerprint density at radius 3 is 1.40 bits per heavy atom. The van der Waals surface area contributed by atoms with Crippen LogP contribution < -0.4 is 9.47 Å². The van der Waals surface area contributed by atoms with Crippen molar-refractivity contribution >= 4 is 35.8 Å². The third kappa shape index (κ3) is 32.0. The quantitative estimate of drug-likeness (QED) is 0.0199. The van der Waals surface area contributed by atoms with Gasteiger partial charge in [-0.25, -0.2) is 4.79 Å². The first-order valence-corrected chi connectivity index (χ1v) is 31.2. The van der Waals surface area contributed by atoms with Gasteiger partial charge >= 0.3 is 35.8 Å². The van der Waals surface area contributed by atoms with Crippen molar-refractivity contribution in [2.45, 2.75) is 298 Å². The Morgan fingerprint density at radius 1 is 0.538 bits per heavy atom. The van der Waals surface area contributed by atoms with Gasteiger partial charge in [0.25, 0.3) is 0 Å². The number of rotatable bonds is 50. The molecule has 13 heteroatoms. The fraction of sp³-hybridized carbons (Fsp3) is 0.785. The number of methoxy groups -OCH3 is 2. The first-order valence-electron chi connectivity index (χ1n) is 31.2. The van der Waals surface area contributed by atoms with Crippen molar-refractivity contribution in [3.63, 3.8) is 0 Å². The normalized spacial score (nSPS) is 12.6. The van der Waals surface area contributed by atoms with Crippen LogP contribution in [0.2, 0.25) is 0 Å². The van der Waals surface area contributed by atoms with E-state index in [1.54, 1.807) is 7.11 Å². The summed E-state index contributed by atoms with van der Waals surface area (Å²) in [6.45, 7) is 9.87. The second-order valence-corrected chi connectivity index (χ2v) is 22.2. The lowest BCUT2D eigenvalue weighted by Gasteiger charge is -2.20. The van der Waals surface area contributed by atoms with Crippen molar-refractivity contribution < 1.29 is 61.9 Å². The van der Waals surface area contributed by atoms with E-state index in [9.17, 15) is 28.8 Å². The third-order valence-electron chi connectivity index (χ3n) is 15.2. The standard InChI is InChI=1S/C65H108O13/c1-8-10-12-14-16-18-20-22-24-26-28-33-37-41-58(67)74-48-54(49-75-59(68)42-38-34-29-27-25-23-21-19-17-15-13-11-9-2)77-64(70)52(4)40-36-32-30-31-35-39-43-60(69)78-63-55(46-44-51(3)45-47-57(66)72-6)62(73-7)53(5)56-50-76-65(71)61(56)63/h44,52,54H,8-43,45-50H2,1-7H3/b51-44+. The van der Waals surface area contributed by atoms with E-state index in [-0.39, 0.29) is 61.9 Å². The zero-order valence-electron chi connectivity index (χ0n) is 50.2. The maximum Gasteiger partial charge on any atom is 0.342 e. The van der Waals surface area contributed by atoms with E-state index in [0.29, 0.717) is 55.4 Å². The first kappa shape index (κ1) is 69.7. The Balaban J connectivity index is 1.80. The number of unbranched alkanes of at least 4 members (excludes halogenated alkanes) is 29. The fourth-order valence-corrected chi connectivity index (χ4v) is 10.1. The highest BCUT2D eigenvalue weighted by Gasteiger charge is 2.34. The minimum Gasteiger partial charge on any atom is -0.496 e. The molecule has 0 spiro atoms. The van der Waals surface area contributed by atoms with Crippen LogP contribution in [0.15, 0.2) is 11.6 Å². The molecule has 2 rings (SSSR count). The van der Waals surface area contributed by atoms with Crippen LogP contribution in [0.4, 0.5) is 0 Å². The summed E-state index contributed by atoms with van der Waals surface area (Å²) in [4.78, 5) is 76.8. The number of cyclic esters (lactones) is 1. The lowest BCUT2D eigenvalue weighted by Crippen LogP contribution is -2.32. The fourth-order valence-electron chi connectivity index (χ4n) is 10.1. The molecule has 0 aliphatic carbocycles. The Bertz CT molecular complexity index is 1820. The number of benzene rings is 1. The Morgan fingerprint density at radius 2 is 0.962 bits per heavy atom. The molecule has 78 heavy (non-hydrogen) atoms. The molecule has 0 amide bonds. The average molecular weight is 1100 g/mol. The summed E-state index contributed by atoms with van der Waals surface area (Å²) in [5, 5.41) is 0. The SMILES string of the molecule is CCCCCCCCCCCCCCCC(=O)OCC(COC(=O)CCCCCCCCCCCCCCC)OC(=O)C(C)CCCCCCCCC(=O)Oc1c(C/C=C(\C)CCC(=O)OC)c(OC)c(C)c2c1C(=O)OC2. The summed E-state index contributed by atoms with van der Waals surface area (Å²) in [6.07, 6.45) is 40.2. The van der Waals surface area contributed by atoms with Gasteiger partial charge in [0.2, 0.25) is 0 Å². The minimum absolute atomic E-state index is 0.0726. The highest BCUT2D eigenvalue weighted by Crippen LogP contribution is 2.43. The van der Waals surface area contributed by atoms with Gasteiger partial charge in [-0.15, -0.1) is 0 Å². The molecule has 0 saturated heterocycles. The summed E-state index contributed by atoms with van der Waals surface area (Å²) in [5.74, 6) is -2.06. The van der Waals surface area contributed by atoms with Crippen LogP contribution in [0.5, 0.6) is 11.5 Å². The van der Waals surface area contributed by atoms with Gasteiger partial charge in [0, 0.05) is 36.8 Å². The van der Waals surface area contributed by atoms with Gasteiger partial charge in [0.15, 0.2) is 11.9 Å². The monoisotopic (exact) mass is 1100 g/mol. The molecule has 1 aliphatic heterocycles. The zero-order chi connectivity index (χ0) is 57.0. The number of esters is 6. The molecule has 0 radical (unpaired) electrons. The van der Waals surface area contributed by atoms with E-state index in [2.05, 4.69) is 13.8 Å². The number of hydrogen-bond acceptors (Lipinski definition) is 13. The van der Waals surface area contributed by atoms with Crippen LogP contribution in [-0.2, 0) is 60.7 Å². The van der Waals surface area contributed by atoms with Gasteiger partial charge in [-0.3, -0.25) is 24.0 Å². The van der Waals surface area contributed by atoms with E-state index in [1.807, 2.05) is 26.8 Å². The van der Waals surface area contributed by atoms with Gasteiger partial charge in [-0.05, 0) is 57.9 Å². The summed E-state index contributed by atoms with van der Waals surface area (Å²) < 4.78 is 38.9. The molecule has 0 N–H and O–H groups in total. The van der Waals surface area contributed by atoms with Gasteiger partial charge < -0.3 is 33.2 Å². The molecule has 1 atom stereocenters. The third-order valence-corrected chi connectivity index (χ3v) is 15.2. The smallest absolute Gasteiger partial charge is 0.342 e. The predicted octanol–water partition coefficient (Wildman–Crippen LogP) is 16.7. The Kier molecular flexibility index (Phi) is 40.5. The molecule has 0 bridgehead atoms. The van der Waals surface area contributed by atoms with E-state index >= 15 is 0 Å². The van der Waals surface area contributed by atoms with Crippen molar-refractivity contribution in [2.75, 3.05) is 27.4 Å². The lowest BCUT2D eigenvalue weighted by molar-refractivity contribution is -0.169. The van der Waals surface area contributed by atoms with Gasteiger partial charge in [0.05, 0.1) is 20.1 Å². The molecule has 0 aromatic heterocycles. The molecule has 0 saturated carbocycles. The van der Waals surface area contributed by atoms with Crippen molar-refractivity contribution in [1.29, 1.82) is 0 Å². The zero-order valence-corrected chi connectivity index (χ0v) is 50.2. The van der Waals surface area contributed by atoms with E-state index in [0.717, 1.165) is 81.8 Å². The van der Waals surface area contributed by atoms with Crippen LogP contribution in [0, 0.1) is 12.8 Å². The highest BCUT2D eigenvalue weighted by molar-refractivity contribution is 5.99. The summed E-state index contributed by atoms with van der Waals surface area (Å²) in [6, 6.07) is 0. The number of fused-ring (bicyclic) bond motifs is 1. The van der Waals surface area contributed by atoms with Gasteiger partial charge in [-0.1, -0.05) is 219 Å². The molecule has 1 aromatic rings. The molecular formula is C65H108O13. The maximum absolute atomic E-state index is 13.3. The van der Waals surface area contributed by atoms with E-state index in [1.165, 1.54) is 136 Å². The molecule has 0 fully saturated rings. The topological polar surface area (TPSA) is 167 Å². The number of hydrogen-bond donors (Lipinski definition) is 0. The molecule has 13 nitrogen and oxygen atoms in total. The number of allylic oxidation sites excluding steroid dienone is 2. The largest absolute Gasteiger partial charge is 0.496 e. The first-order chi connectivity index (χ1) is 37.9. The molecular weight excluding hydrogens is 989 g/mol. The summed E-state index contributed by atoms with van der Waals surface area (Å²) in [7, 11) is 2.90. The molecule has 1 heterocycles. The Hall–Kier alpha value is -4.42. The average Bonchev–Trinajstić information content (AvgIpc) is 3.86. The van der Waals surface area contributed by atoms with Crippen molar-refractivity contribution in [3.8, 4) is 11.5 Å². The summed E-state index contributed by atoms with van der Waals surface area (Å²) in [5.41, 5.74) is 3.17. The van der Waals surface area contributed by atoms with Crippen LogP contribution in [0.1, 0.15) is 299 Å². The highest BCUT2D eigenvalue weighted by atomic mass is 16.6. The van der Waals surface area contributed by atoms with Gasteiger partial charge in [0.1, 0.15) is 31.1 Å². The van der Waals surface area contributed by atoms with E-state index in [4.69, 9.17) is 33.2 Å². The number of carbonyl (C=O) groups excluding carboxylic acids is 6. The second kappa shape index (κ2) is 45.3. The molecule has 1 aliphatic rings. The van der Waals surface area contributed by atoms with Crippen LogP contribution in [0.25, 0.3) is 0 Å². The van der Waals surface area contributed by atoms with Crippen molar-refractivity contribution in [3.05, 3.63) is 33.9 Å². The van der Waals surface area contributed by atoms with Crippen LogP contribution >= 0.6 is 0 Å². The van der Waals surface area contributed by atoms with Gasteiger partial charge in [-0.2, -0.15) is 0 Å². The van der Waals surface area contributed by atoms with E-state index < -0.39 is 29.9 Å². The molecule has 1 aromatic carbocycles. The lowest BCUT2D eigenvalue weighted by atomic mass is 9.94. The van der Waals surface area contributed by atoms with Crippen molar-refractivity contribution in [2.24, 2.45) is 5.92 Å². The number of ether oxygens (including phenoxy) is 7. The second-order valence-electron chi connectivity index (χ2n) is 22.2. The van der Waals surface area contributed by atoms with Crippen LogP contribution in [0.3, 0.4) is 0 Å². The number of carbonyl (C=O) groups is 6. The van der Waals surface area contributed by atoms with Crippen LogP contribution in [-0.4, -0.2) is 69.4 Å². The molecule has 1 unspecified atom stereocenters. The summed E-state index contributed by atoms with van der Waals surface area (Å²) >= 11 is 0. The maximum atomic E-state index is 13.3. The Labute approximate surface area is 472 Å².